The Labute approximate surface area is 95.1 Å². The van der Waals surface area contributed by atoms with Crippen LogP contribution in [0.3, 0.4) is 0 Å². The third-order valence-corrected chi connectivity index (χ3v) is 2.52. The summed E-state index contributed by atoms with van der Waals surface area (Å²) >= 11 is 0. The van der Waals surface area contributed by atoms with E-state index in [0.717, 1.165) is 6.33 Å². The molecule has 94 valence electrons. The van der Waals surface area contributed by atoms with Crippen molar-refractivity contribution < 1.29 is 20.1 Å². The van der Waals surface area contributed by atoms with Crippen molar-refractivity contribution in [2.75, 3.05) is 12.3 Å². The van der Waals surface area contributed by atoms with Gasteiger partial charge in [0.15, 0.2) is 0 Å². The topological polar surface area (TPSA) is 144 Å². The van der Waals surface area contributed by atoms with Gasteiger partial charge in [-0.3, -0.25) is 0 Å². The summed E-state index contributed by atoms with van der Waals surface area (Å²) in [7, 11) is 0. The van der Waals surface area contributed by atoms with E-state index in [-0.39, 0.29) is 12.4 Å². The standard InChI is InChI=1S/C8H12N4O5/c9-6-10-3-12(7(15)11-6)8(16)1-4(14)5(2-13)17-8/h3-5,13-14,16H,1-2H2,(H2,9,11,15)/t4-,5+,8+/m0/s1. The van der Waals surface area contributed by atoms with Gasteiger partial charge in [0.25, 0.3) is 5.91 Å². The summed E-state index contributed by atoms with van der Waals surface area (Å²) in [5.74, 6) is -2.30. The van der Waals surface area contributed by atoms with Gasteiger partial charge in [0, 0.05) is 0 Å². The molecule has 1 saturated heterocycles. The van der Waals surface area contributed by atoms with Crippen LogP contribution in [0.25, 0.3) is 0 Å². The van der Waals surface area contributed by atoms with Crippen LogP contribution in [0.4, 0.5) is 5.95 Å². The molecule has 1 aliphatic heterocycles. The zero-order valence-electron chi connectivity index (χ0n) is 8.72. The lowest BCUT2D eigenvalue weighted by molar-refractivity contribution is -0.258. The van der Waals surface area contributed by atoms with E-state index in [1.807, 2.05) is 0 Å². The number of aromatic nitrogens is 3. The van der Waals surface area contributed by atoms with E-state index in [1.165, 1.54) is 0 Å². The molecule has 0 aromatic carbocycles. The Kier molecular flexibility index (Phi) is 2.83. The highest BCUT2D eigenvalue weighted by Crippen LogP contribution is 2.31. The van der Waals surface area contributed by atoms with Crippen molar-refractivity contribution >= 4 is 5.95 Å². The van der Waals surface area contributed by atoms with E-state index < -0.39 is 30.4 Å². The quantitative estimate of drug-likeness (QED) is 0.430. The zero-order valence-corrected chi connectivity index (χ0v) is 8.72. The molecule has 1 aromatic rings. The molecule has 17 heavy (non-hydrogen) atoms. The molecule has 3 atom stereocenters. The lowest BCUT2D eigenvalue weighted by Gasteiger charge is -2.23. The van der Waals surface area contributed by atoms with Gasteiger partial charge in [0.1, 0.15) is 12.4 Å². The largest absolute Gasteiger partial charge is 0.394 e. The van der Waals surface area contributed by atoms with Crippen molar-refractivity contribution in [1.29, 1.82) is 0 Å². The van der Waals surface area contributed by atoms with Crippen molar-refractivity contribution in [3.8, 4) is 0 Å². The molecule has 9 nitrogen and oxygen atoms in total. The van der Waals surface area contributed by atoms with E-state index in [9.17, 15) is 15.0 Å². The second kappa shape index (κ2) is 4.04. The molecular formula is C8H12N4O5. The number of ether oxygens (including phenoxy) is 1. The average molecular weight is 244 g/mol. The SMILES string of the molecule is Nc1ncn([C@@]2(O)C[C@H](O)[C@@H](CO)O2)c(=O)n1. The number of nitrogens with two attached hydrogens (primary N) is 1. The minimum atomic E-state index is -2.07. The molecule has 2 rings (SSSR count). The first-order valence-electron chi connectivity index (χ1n) is 4.87. The maximum Gasteiger partial charge on any atom is 0.356 e. The van der Waals surface area contributed by atoms with Gasteiger partial charge in [-0.2, -0.15) is 4.98 Å². The van der Waals surface area contributed by atoms with Crippen molar-refractivity contribution in [2.24, 2.45) is 0 Å². The van der Waals surface area contributed by atoms with Crippen molar-refractivity contribution in [2.45, 2.75) is 24.5 Å². The highest BCUT2D eigenvalue weighted by atomic mass is 16.7. The number of hydrogen-bond acceptors (Lipinski definition) is 8. The number of aliphatic hydroxyl groups is 3. The molecule has 0 spiro atoms. The fraction of sp³-hybridized carbons (Fsp3) is 0.625. The lowest BCUT2D eigenvalue weighted by Crippen LogP contribution is -2.42. The van der Waals surface area contributed by atoms with E-state index >= 15 is 0 Å². The van der Waals surface area contributed by atoms with E-state index in [4.69, 9.17) is 15.6 Å². The number of rotatable bonds is 2. The molecule has 1 fully saturated rings. The van der Waals surface area contributed by atoms with Gasteiger partial charge < -0.3 is 25.8 Å². The number of aliphatic hydroxyl groups excluding tert-OH is 2. The first-order chi connectivity index (χ1) is 7.96. The Balaban J connectivity index is 2.37. The van der Waals surface area contributed by atoms with Crippen LogP contribution in [-0.4, -0.2) is 48.7 Å². The van der Waals surface area contributed by atoms with Crippen molar-refractivity contribution in [1.82, 2.24) is 14.5 Å². The Hall–Kier alpha value is -1.55. The van der Waals surface area contributed by atoms with Crippen molar-refractivity contribution in [3.63, 3.8) is 0 Å². The van der Waals surface area contributed by atoms with Crippen LogP contribution in [0, 0.1) is 0 Å². The predicted octanol–water partition coefficient (Wildman–Crippen LogP) is -3.03. The summed E-state index contributed by atoms with van der Waals surface area (Å²) < 4.78 is 5.73. The zero-order chi connectivity index (χ0) is 12.6. The third kappa shape index (κ3) is 2.00. The van der Waals surface area contributed by atoms with Crippen LogP contribution in [0.5, 0.6) is 0 Å². The normalized spacial score (nSPS) is 32.9. The van der Waals surface area contributed by atoms with Gasteiger partial charge in [-0.25, -0.2) is 14.3 Å². The van der Waals surface area contributed by atoms with Crippen LogP contribution in [0.1, 0.15) is 6.42 Å². The molecular weight excluding hydrogens is 232 g/mol. The van der Waals surface area contributed by atoms with Crippen LogP contribution < -0.4 is 11.4 Å². The summed E-state index contributed by atoms with van der Waals surface area (Å²) in [6.07, 6.45) is -1.36. The van der Waals surface area contributed by atoms with Crippen LogP contribution in [-0.2, 0) is 10.6 Å². The van der Waals surface area contributed by atoms with E-state index in [0.29, 0.717) is 4.57 Å². The maximum absolute atomic E-state index is 11.5. The van der Waals surface area contributed by atoms with Crippen molar-refractivity contribution in [3.05, 3.63) is 16.8 Å². The average Bonchev–Trinajstić information content (AvgIpc) is 2.54. The summed E-state index contributed by atoms with van der Waals surface area (Å²) in [5, 5.41) is 28.5. The highest BCUT2D eigenvalue weighted by molar-refractivity contribution is 5.10. The van der Waals surface area contributed by atoms with Crippen LogP contribution in [0.15, 0.2) is 11.1 Å². The lowest BCUT2D eigenvalue weighted by atomic mass is 10.2. The first kappa shape index (κ1) is 11.9. The molecule has 9 heteroatoms. The Morgan fingerprint density at radius 3 is 2.94 bits per heavy atom. The molecule has 0 saturated carbocycles. The molecule has 0 amide bonds. The molecule has 0 aliphatic carbocycles. The van der Waals surface area contributed by atoms with Gasteiger partial charge in [0.05, 0.1) is 19.1 Å². The molecule has 1 aliphatic rings. The summed E-state index contributed by atoms with van der Waals surface area (Å²) in [6.45, 7) is -0.478. The van der Waals surface area contributed by atoms with E-state index in [1.54, 1.807) is 0 Å². The van der Waals surface area contributed by atoms with Crippen LogP contribution >= 0.6 is 0 Å². The monoisotopic (exact) mass is 244 g/mol. The van der Waals surface area contributed by atoms with Crippen LogP contribution in [0.2, 0.25) is 0 Å². The molecule has 5 N–H and O–H groups in total. The second-order valence-electron chi connectivity index (χ2n) is 3.72. The van der Waals surface area contributed by atoms with Gasteiger partial charge in [-0.05, 0) is 0 Å². The predicted molar refractivity (Wildman–Crippen MR) is 53.5 cm³/mol. The fourth-order valence-electron chi connectivity index (χ4n) is 1.67. The number of nitrogen functional groups attached to an aromatic ring is 1. The second-order valence-corrected chi connectivity index (χ2v) is 3.72. The van der Waals surface area contributed by atoms with E-state index in [2.05, 4.69) is 9.97 Å². The van der Waals surface area contributed by atoms with Gasteiger partial charge in [0.2, 0.25) is 5.95 Å². The number of anilines is 1. The Bertz CT molecular complexity index is 477. The molecule has 0 bridgehead atoms. The number of nitrogens with zero attached hydrogens (tertiary/aromatic N) is 3. The number of hydrogen-bond donors (Lipinski definition) is 4. The minimum Gasteiger partial charge on any atom is -0.394 e. The Morgan fingerprint density at radius 1 is 1.71 bits per heavy atom. The van der Waals surface area contributed by atoms with Gasteiger partial charge >= 0.3 is 5.69 Å². The fourth-order valence-corrected chi connectivity index (χ4v) is 1.67. The molecule has 2 heterocycles. The maximum atomic E-state index is 11.5. The van der Waals surface area contributed by atoms with Gasteiger partial charge in [-0.1, -0.05) is 0 Å². The molecule has 1 aromatic heterocycles. The minimum absolute atomic E-state index is 0.230. The smallest absolute Gasteiger partial charge is 0.356 e. The summed E-state index contributed by atoms with van der Waals surface area (Å²) in [6, 6.07) is 0. The first-order valence-corrected chi connectivity index (χ1v) is 4.87. The summed E-state index contributed by atoms with van der Waals surface area (Å²) in [5.41, 5.74) is 4.35. The highest BCUT2D eigenvalue weighted by Gasteiger charge is 2.47. The molecule has 0 unspecified atom stereocenters. The van der Waals surface area contributed by atoms with Gasteiger partial charge in [-0.15, -0.1) is 0 Å². The Morgan fingerprint density at radius 2 is 2.41 bits per heavy atom. The summed E-state index contributed by atoms with van der Waals surface area (Å²) in [4.78, 5) is 18.4. The third-order valence-electron chi connectivity index (χ3n) is 2.52. The molecule has 0 radical (unpaired) electrons.